The van der Waals surface area contributed by atoms with Crippen LogP contribution in [0, 0.1) is 21.4 Å². The average Bonchev–Trinajstić information content (AvgIpc) is 2.71. The highest BCUT2D eigenvalue weighted by atomic mass is 19.4. The number of pyridine rings is 1. The third-order valence-electron chi connectivity index (χ3n) is 4.12. The summed E-state index contributed by atoms with van der Waals surface area (Å²) in [5.41, 5.74) is -1.20. The second-order valence-corrected chi connectivity index (χ2v) is 6.25. The molecule has 0 aliphatic rings. The third kappa shape index (κ3) is 6.44. The average molecular weight is 421 g/mol. The van der Waals surface area contributed by atoms with Crippen LogP contribution < -0.4 is 5.32 Å². The van der Waals surface area contributed by atoms with Crippen molar-refractivity contribution < 1.29 is 22.9 Å². The predicted octanol–water partition coefficient (Wildman–Crippen LogP) is 3.75. The molecule has 0 aliphatic heterocycles. The molecule has 1 N–H and O–H groups in total. The molecule has 0 fully saturated rings. The van der Waals surface area contributed by atoms with Crippen LogP contribution in [0.25, 0.3) is 0 Å². The lowest BCUT2D eigenvalue weighted by Crippen LogP contribution is -2.32. The Balaban J connectivity index is 2.03. The van der Waals surface area contributed by atoms with Gasteiger partial charge in [0, 0.05) is 44.5 Å². The Kier molecular flexibility index (Phi) is 7.69. The SMILES string of the molecule is N#CCCN(Cc1cccnc1)C(=O)CCNc1ccc(C(F)(F)F)cc1[N+](=O)[O-]. The fraction of sp³-hybridized carbons (Fsp3) is 0.316. The van der Waals surface area contributed by atoms with E-state index in [0.29, 0.717) is 6.07 Å². The molecular formula is C19H18F3N5O3. The van der Waals surface area contributed by atoms with E-state index in [1.807, 2.05) is 6.07 Å². The van der Waals surface area contributed by atoms with Gasteiger partial charge in [-0.3, -0.25) is 19.9 Å². The Labute approximate surface area is 170 Å². The van der Waals surface area contributed by atoms with Crippen LogP contribution in [-0.4, -0.2) is 33.8 Å². The van der Waals surface area contributed by atoms with Gasteiger partial charge >= 0.3 is 6.18 Å². The van der Waals surface area contributed by atoms with Crippen LogP contribution >= 0.6 is 0 Å². The zero-order chi connectivity index (χ0) is 22.1. The van der Waals surface area contributed by atoms with Gasteiger partial charge in [0.25, 0.3) is 5.69 Å². The number of alkyl halides is 3. The maximum atomic E-state index is 12.8. The van der Waals surface area contributed by atoms with Gasteiger partial charge in [0.2, 0.25) is 5.91 Å². The number of nitrogens with one attached hydrogen (secondary N) is 1. The lowest BCUT2D eigenvalue weighted by Gasteiger charge is -2.22. The number of nitriles is 1. The van der Waals surface area contributed by atoms with Crippen LogP contribution in [-0.2, 0) is 17.5 Å². The van der Waals surface area contributed by atoms with E-state index in [1.165, 1.54) is 4.90 Å². The number of nitro groups is 1. The van der Waals surface area contributed by atoms with Crippen molar-refractivity contribution in [3.8, 4) is 6.07 Å². The summed E-state index contributed by atoms with van der Waals surface area (Å²) in [6.07, 6.45) is -1.46. The summed E-state index contributed by atoms with van der Waals surface area (Å²) in [5.74, 6) is -0.309. The second kappa shape index (κ2) is 10.2. The standard InChI is InChI=1S/C19H18F3N5O3/c20-19(21,22)15-4-5-16(17(11-15)27(29)30)25-9-6-18(28)26(10-2-7-23)13-14-3-1-8-24-12-14/h1,3-5,8,11-12,25H,2,6,9-10,13H2. The van der Waals surface area contributed by atoms with Crippen molar-refractivity contribution in [2.24, 2.45) is 0 Å². The molecule has 0 aliphatic carbocycles. The van der Waals surface area contributed by atoms with Gasteiger partial charge in [-0.1, -0.05) is 6.07 Å². The molecule has 1 aromatic carbocycles. The Morgan fingerprint density at radius 2 is 2.10 bits per heavy atom. The fourth-order valence-electron chi connectivity index (χ4n) is 2.66. The van der Waals surface area contributed by atoms with E-state index < -0.39 is 22.4 Å². The van der Waals surface area contributed by atoms with E-state index in [4.69, 9.17) is 5.26 Å². The Hall–Kier alpha value is -3.68. The highest BCUT2D eigenvalue weighted by Crippen LogP contribution is 2.34. The summed E-state index contributed by atoms with van der Waals surface area (Å²) in [7, 11) is 0. The van der Waals surface area contributed by atoms with Gasteiger partial charge in [-0.2, -0.15) is 18.4 Å². The van der Waals surface area contributed by atoms with Gasteiger partial charge < -0.3 is 10.2 Å². The summed E-state index contributed by atoms with van der Waals surface area (Å²) in [4.78, 5) is 28.2. The number of halogens is 3. The first-order valence-corrected chi connectivity index (χ1v) is 8.85. The third-order valence-corrected chi connectivity index (χ3v) is 4.12. The predicted molar refractivity (Wildman–Crippen MR) is 101 cm³/mol. The van der Waals surface area contributed by atoms with E-state index in [0.717, 1.165) is 17.7 Å². The van der Waals surface area contributed by atoms with Gasteiger partial charge in [0.1, 0.15) is 5.69 Å². The minimum absolute atomic E-state index is 0.0267. The number of amides is 1. The van der Waals surface area contributed by atoms with Crippen molar-refractivity contribution in [2.75, 3.05) is 18.4 Å². The lowest BCUT2D eigenvalue weighted by molar-refractivity contribution is -0.384. The number of anilines is 1. The van der Waals surface area contributed by atoms with Crippen LogP contribution in [0.2, 0.25) is 0 Å². The molecule has 11 heteroatoms. The summed E-state index contributed by atoms with van der Waals surface area (Å²) in [6.45, 7) is 0.417. The van der Waals surface area contributed by atoms with E-state index in [2.05, 4.69) is 10.3 Å². The highest BCUT2D eigenvalue weighted by molar-refractivity contribution is 5.77. The Morgan fingerprint density at radius 1 is 1.33 bits per heavy atom. The molecule has 30 heavy (non-hydrogen) atoms. The van der Waals surface area contributed by atoms with Crippen LogP contribution in [0.5, 0.6) is 0 Å². The van der Waals surface area contributed by atoms with E-state index >= 15 is 0 Å². The Morgan fingerprint density at radius 3 is 2.70 bits per heavy atom. The smallest absolute Gasteiger partial charge is 0.379 e. The second-order valence-electron chi connectivity index (χ2n) is 6.25. The van der Waals surface area contributed by atoms with Crippen LogP contribution in [0.1, 0.15) is 24.0 Å². The zero-order valence-electron chi connectivity index (χ0n) is 15.7. The molecule has 0 saturated heterocycles. The molecule has 8 nitrogen and oxygen atoms in total. The number of rotatable bonds is 9. The maximum absolute atomic E-state index is 12.8. The van der Waals surface area contributed by atoms with E-state index in [9.17, 15) is 28.1 Å². The van der Waals surface area contributed by atoms with Crippen LogP contribution in [0.15, 0.2) is 42.7 Å². The summed E-state index contributed by atoms with van der Waals surface area (Å²) in [5, 5.41) is 22.6. The molecule has 0 atom stereocenters. The van der Waals surface area contributed by atoms with Crippen molar-refractivity contribution in [2.45, 2.75) is 25.6 Å². The molecular weight excluding hydrogens is 403 g/mol. The summed E-state index contributed by atoms with van der Waals surface area (Å²) < 4.78 is 38.3. The molecule has 0 unspecified atom stereocenters. The quantitative estimate of drug-likeness (QED) is 0.487. The van der Waals surface area contributed by atoms with E-state index in [1.54, 1.807) is 24.5 Å². The normalized spacial score (nSPS) is 10.9. The van der Waals surface area contributed by atoms with Crippen molar-refractivity contribution in [1.82, 2.24) is 9.88 Å². The zero-order valence-corrected chi connectivity index (χ0v) is 15.7. The van der Waals surface area contributed by atoms with Gasteiger partial charge in [-0.25, -0.2) is 0 Å². The molecule has 1 heterocycles. The van der Waals surface area contributed by atoms with Gasteiger partial charge in [0.15, 0.2) is 0 Å². The molecule has 2 rings (SSSR count). The molecule has 2 aromatic rings. The number of nitrogens with zero attached hydrogens (tertiary/aromatic N) is 4. The maximum Gasteiger partial charge on any atom is 0.416 e. The minimum atomic E-state index is -4.70. The lowest BCUT2D eigenvalue weighted by atomic mass is 10.1. The molecule has 158 valence electrons. The minimum Gasteiger partial charge on any atom is -0.379 e. The molecule has 0 saturated carbocycles. The molecule has 1 amide bonds. The number of carbonyl (C=O) groups is 1. The van der Waals surface area contributed by atoms with Crippen molar-refractivity contribution in [3.05, 3.63) is 64.0 Å². The Bertz CT molecular complexity index is 929. The summed E-state index contributed by atoms with van der Waals surface area (Å²) >= 11 is 0. The number of benzene rings is 1. The first-order valence-electron chi connectivity index (χ1n) is 8.85. The first-order chi connectivity index (χ1) is 14.2. The highest BCUT2D eigenvalue weighted by Gasteiger charge is 2.33. The van der Waals surface area contributed by atoms with Crippen LogP contribution in [0.3, 0.4) is 0 Å². The molecule has 0 radical (unpaired) electrons. The number of nitro benzene ring substituents is 1. The monoisotopic (exact) mass is 421 g/mol. The number of aromatic nitrogens is 1. The van der Waals surface area contributed by atoms with Crippen LogP contribution in [0.4, 0.5) is 24.5 Å². The van der Waals surface area contributed by atoms with Crippen molar-refractivity contribution >= 4 is 17.3 Å². The van der Waals surface area contributed by atoms with E-state index in [-0.39, 0.29) is 44.1 Å². The summed E-state index contributed by atoms with van der Waals surface area (Å²) in [6, 6.07) is 7.62. The van der Waals surface area contributed by atoms with Gasteiger partial charge in [0.05, 0.1) is 23.0 Å². The van der Waals surface area contributed by atoms with Gasteiger partial charge in [-0.15, -0.1) is 0 Å². The van der Waals surface area contributed by atoms with Gasteiger partial charge in [-0.05, 0) is 23.8 Å². The van der Waals surface area contributed by atoms with Crippen molar-refractivity contribution in [3.63, 3.8) is 0 Å². The number of carbonyl (C=O) groups excluding carboxylic acids is 1. The molecule has 1 aromatic heterocycles. The largest absolute Gasteiger partial charge is 0.416 e. The first kappa shape index (κ1) is 22.6. The molecule has 0 spiro atoms. The number of hydrogen-bond donors (Lipinski definition) is 1. The number of hydrogen-bond acceptors (Lipinski definition) is 6. The topological polar surface area (TPSA) is 112 Å². The molecule has 0 bridgehead atoms. The van der Waals surface area contributed by atoms with Crippen molar-refractivity contribution in [1.29, 1.82) is 5.26 Å². The fourth-order valence-corrected chi connectivity index (χ4v) is 2.66.